The van der Waals surface area contributed by atoms with Crippen LogP contribution in [0.2, 0.25) is 0 Å². The molecule has 0 atom stereocenters. The van der Waals surface area contributed by atoms with Crippen LogP contribution in [0.15, 0.2) is 0 Å². The van der Waals surface area contributed by atoms with Gasteiger partial charge in [-0.2, -0.15) is 0 Å². The first-order chi connectivity index (χ1) is 4.13. The Hall–Kier alpha value is 1.56. The second-order valence-corrected chi connectivity index (χ2v) is 2.80. The molecule has 0 spiro atoms. The summed E-state index contributed by atoms with van der Waals surface area (Å²) in [4.78, 5) is 2.14. The quantitative estimate of drug-likeness (QED) is 0.459. The Balaban J connectivity index is 0. The molecule has 0 fully saturated rings. The van der Waals surface area contributed by atoms with E-state index in [0.717, 1.165) is 13.1 Å². The average molecular weight is 168 g/mol. The zero-order valence-electron chi connectivity index (χ0n) is 7.89. The summed E-state index contributed by atoms with van der Waals surface area (Å²) in [6, 6.07) is 0.491. The SMILES string of the molecule is CC(C)[N-]CCN(C)C.[K+]. The molecule has 0 unspecified atom stereocenters. The molecular formula is C7H17KN2. The molecule has 0 aromatic heterocycles. The Labute approximate surface area is 107 Å². The number of nitrogens with zero attached hydrogens (tertiary/aromatic N) is 2. The Morgan fingerprint density at radius 1 is 1.30 bits per heavy atom. The summed E-state index contributed by atoms with van der Waals surface area (Å²) in [5.74, 6) is 0. The van der Waals surface area contributed by atoms with Gasteiger partial charge in [0.15, 0.2) is 0 Å². The van der Waals surface area contributed by atoms with Crippen LogP contribution in [-0.4, -0.2) is 38.1 Å². The second kappa shape index (κ2) is 8.65. The predicted octanol–water partition coefficient (Wildman–Crippen LogP) is -1.67. The van der Waals surface area contributed by atoms with Gasteiger partial charge in [-0.3, -0.25) is 0 Å². The van der Waals surface area contributed by atoms with Crippen LogP contribution in [0.5, 0.6) is 0 Å². The summed E-state index contributed by atoms with van der Waals surface area (Å²) in [5, 5.41) is 4.32. The zero-order chi connectivity index (χ0) is 7.28. The molecular weight excluding hydrogens is 151 g/mol. The summed E-state index contributed by atoms with van der Waals surface area (Å²) in [6.45, 7) is 6.24. The van der Waals surface area contributed by atoms with Gasteiger partial charge >= 0.3 is 51.4 Å². The zero-order valence-corrected chi connectivity index (χ0v) is 11.0. The molecule has 56 valence electrons. The summed E-state index contributed by atoms with van der Waals surface area (Å²) < 4.78 is 0. The normalized spacial score (nSPS) is 10.2. The molecule has 3 heteroatoms. The van der Waals surface area contributed by atoms with Gasteiger partial charge in [0, 0.05) is 0 Å². The van der Waals surface area contributed by atoms with E-state index in [4.69, 9.17) is 0 Å². The van der Waals surface area contributed by atoms with Gasteiger partial charge in [-0.15, -0.1) is 12.6 Å². The number of rotatable bonds is 4. The Bertz CT molecular complexity index is 56.6. The van der Waals surface area contributed by atoms with Crippen molar-refractivity contribution in [2.45, 2.75) is 19.9 Å². The molecule has 0 saturated heterocycles. The average Bonchev–Trinajstić information content (AvgIpc) is 1.63. The predicted molar refractivity (Wildman–Crippen MR) is 41.9 cm³/mol. The minimum Gasteiger partial charge on any atom is -0.659 e. The minimum absolute atomic E-state index is 0. The van der Waals surface area contributed by atoms with E-state index >= 15 is 0 Å². The molecule has 0 aliphatic heterocycles. The third-order valence-electron chi connectivity index (χ3n) is 1.04. The third-order valence-corrected chi connectivity index (χ3v) is 1.04. The standard InChI is InChI=1S/C7H17N2.K/c1-7(2)8-5-6-9(3)4;/h7H,5-6H2,1-4H3;/q-1;+1. The van der Waals surface area contributed by atoms with E-state index in [1.165, 1.54) is 0 Å². The van der Waals surface area contributed by atoms with E-state index in [-0.39, 0.29) is 51.4 Å². The van der Waals surface area contributed by atoms with Gasteiger partial charge in [0.05, 0.1) is 0 Å². The van der Waals surface area contributed by atoms with Crippen LogP contribution in [0.1, 0.15) is 13.8 Å². The largest absolute Gasteiger partial charge is 1.00 e. The van der Waals surface area contributed by atoms with Crippen molar-refractivity contribution in [1.29, 1.82) is 0 Å². The van der Waals surface area contributed by atoms with Crippen LogP contribution in [-0.2, 0) is 0 Å². The van der Waals surface area contributed by atoms with Crippen LogP contribution < -0.4 is 51.4 Å². The van der Waals surface area contributed by atoms with Gasteiger partial charge < -0.3 is 10.2 Å². The number of hydrogen-bond donors (Lipinski definition) is 0. The smallest absolute Gasteiger partial charge is 0.659 e. The first kappa shape index (κ1) is 14.1. The van der Waals surface area contributed by atoms with E-state index in [2.05, 4.69) is 38.2 Å². The van der Waals surface area contributed by atoms with Gasteiger partial charge in [0.25, 0.3) is 0 Å². The Kier molecular flexibility index (Phi) is 12.2. The van der Waals surface area contributed by atoms with Crippen LogP contribution >= 0.6 is 0 Å². The first-order valence-corrected chi connectivity index (χ1v) is 3.44. The van der Waals surface area contributed by atoms with Crippen LogP contribution in [0.4, 0.5) is 0 Å². The van der Waals surface area contributed by atoms with Crippen molar-refractivity contribution >= 4 is 0 Å². The maximum atomic E-state index is 4.32. The van der Waals surface area contributed by atoms with Crippen LogP contribution in [0, 0.1) is 0 Å². The topological polar surface area (TPSA) is 17.3 Å². The maximum absolute atomic E-state index is 4.32. The molecule has 0 aliphatic carbocycles. The summed E-state index contributed by atoms with van der Waals surface area (Å²) in [6.07, 6.45) is 0. The molecule has 0 heterocycles. The molecule has 10 heavy (non-hydrogen) atoms. The molecule has 0 rings (SSSR count). The van der Waals surface area contributed by atoms with E-state index in [1.54, 1.807) is 0 Å². The fourth-order valence-corrected chi connectivity index (χ4v) is 0.516. The first-order valence-electron chi connectivity index (χ1n) is 3.44. The summed E-state index contributed by atoms with van der Waals surface area (Å²) in [5.41, 5.74) is 0. The molecule has 0 aromatic carbocycles. The Morgan fingerprint density at radius 2 is 1.80 bits per heavy atom. The van der Waals surface area contributed by atoms with Crippen molar-refractivity contribution < 1.29 is 51.4 Å². The van der Waals surface area contributed by atoms with Gasteiger partial charge in [-0.25, -0.2) is 0 Å². The number of likely N-dealkylation sites (N-methyl/N-ethyl adjacent to an activating group) is 1. The summed E-state index contributed by atoms with van der Waals surface area (Å²) >= 11 is 0. The van der Waals surface area contributed by atoms with E-state index in [1.807, 2.05) is 0 Å². The molecule has 2 nitrogen and oxygen atoms in total. The molecule has 0 aromatic rings. The molecule has 0 aliphatic rings. The van der Waals surface area contributed by atoms with Crippen molar-refractivity contribution in [1.82, 2.24) is 4.90 Å². The van der Waals surface area contributed by atoms with Gasteiger partial charge in [-0.05, 0) is 20.6 Å². The third kappa shape index (κ3) is 12.3. The second-order valence-electron chi connectivity index (χ2n) is 2.80. The fraction of sp³-hybridized carbons (Fsp3) is 1.00. The van der Waals surface area contributed by atoms with E-state index in [0.29, 0.717) is 6.04 Å². The minimum atomic E-state index is 0. The van der Waals surface area contributed by atoms with Crippen LogP contribution in [0.3, 0.4) is 0 Å². The molecule has 0 saturated carbocycles. The Morgan fingerprint density at radius 3 is 2.10 bits per heavy atom. The van der Waals surface area contributed by atoms with E-state index in [9.17, 15) is 0 Å². The monoisotopic (exact) mass is 168 g/mol. The van der Waals surface area contributed by atoms with Crippen molar-refractivity contribution in [3.05, 3.63) is 5.32 Å². The van der Waals surface area contributed by atoms with Gasteiger partial charge in [-0.1, -0.05) is 13.8 Å². The van der Waals surface area contributed by atoms with Crippen molar-refractivity contribution in [2.75, 3.05) is 27.2 Å². The molecule has 0 N–H and O–H groups in total. The summed E-state index contributed by atoms with van der Waals surface area (Å²) in [7, 11) is 4.13. The molecule has 0 radical (unpaired) electrons. The van der Waals surface area contributed by atoms with Crippen molar-refractivity contribution in [2.24, 2.45) is 0 Å². The molecule has 0 amide bonds. The maximum Gasteiger partial charge on any atom is 1.00 e. The fourth-order valence-electron chi connectivity index (χ4n) is 0.516. The van der Waals surface area contributed by atoms with Gasteiger partial charge in [0.1, 0.15) is 0 Å². The number of hydrogen-bond acceptors (Lipinski definition) is 1. The van der Waals surface area contributed by atoms with Crippen molar-refractivity contribution in [3.8, 4) is 0 Å². The molecule has 0 bridgehead atoms. The van der Waals surface area contributed by atoms with Crippen LogP contribution in [0.25, 0.3) is 5.32 Å². The van der Waals surface area contributed by atoms with Crippen molar-refractivity contribution in [3.63, 3.8) is 0 Å². The van der Waals surface area contributed by atoms with Gasteiger partial charge in [0.2, 0.25) is 0 Å². The van der Waals surface area contributed by atoms with E-state index < -0.39 is 0 Å².